The fraction of sp³-hybridized carbons (Fsp3) is 0.421. The zero-order valence-corrected chi connectivity index (χ0v) is 14.1. The number of nitrogens with one attached hydrogen (secondary N) is 1. The topological polar surface area (TPSA) is 68.3 Å². The van der Waals surface area contributed by atoms with Gasteiger partial charge in [-0.15, -0.1) is 0 Å². The highest BCUT2D eigenvalue weighted by molar-refractivity contribution is 6.05. The van der Waals surface area contributed by atoms with E-state index in [0.717, 1.165) is 47.8 Å². The molecule has 0 spiro atoms. The van der Waals surface area contributed by atoms with Crippen LogP contribution in [-0.2, 0) is 22.4 Å². The van der Waals surface area contributed by atoms with Crippen LogP contribution in [-0.4, -0.2) is 29.5 Å². The minimum absolute atomic E-state index is 0.0192. The summed E-state index contributed by atoms with van der Waals surface area (Å²) in [5, 5.41) is 3.52. The minimum atomic E-state index is -0.439. The predicted molar refractivity (Wildman–Crippen MR) is 91.9 cm³/mol. The van der Waals surface area contributed by atoms with Crippen molar-refractivity contribution in [2.24, 2.45) is 0 Å². The van der Waals surface area contributed by atoms with Gasteiger partial charge in [-0.2, -0.15) is 0 Å². The second kappa shape index (κ2) is 6.99. The number of esters is 1. The Balaban J connectivity index is 1.92. The highest BCUT2D eigenvalue weighted by atomic mass is 16.5. The van der Waals surface area contributed by atoms with Gasteiger partial charge in [-0.05, 0) is 51.2 Å². The zero-order chi connectivity index (χ0) is 17.1. The minimum Gasteiger partial charge on any atom is -0.452 e. The lowest BCUT2D eigenvalue weighted by molar-refractivity contribution is -0.124. The quantitative estimate of drug-likeness (QED) is 0.877. The SMILES string of the molecule is CC(C)NC(=O)COC(=O)c1c2c(nc3ccccc13)CCCC2. The third-order valence-corrected chi connectivity index (χ3v) is 4.16. The Hall–Kier alpha value is -2.43. The number of amides is 1. The molecule has 1 heterocycles. The third-order valence-electron chi connectivity index (χ3n) is 4.16. The first-order valence-corrected chi connectivity index (χ1v) is 8.43. The van der Waals surface area contributed by atoms with Gasteiger partial charge in [0.1, 0.15) is 0 Å². The Kier molecular flexibility index (Phi) is 4.79. The fourth-order valence-corrected chi connectivity index (χ4v) is 3.17. The van der Waals surface area contributed by atoms with Crippen molar-refractivity contribution in [2.75, 3.05) is 6.61 Å². The molecule has 0 aliphatic heterocycles. The second-order valence-corrected chi connectivity index (χ2v) is 6.43. The standard InChI is InChI=1S/C19H22N2O3/c1-12(2)20-17(22)11-24-19(23)18-13-7-3-5-9-15(13)21-16-10-6-4-8-14(16)18/h3,5,7,9,12H,4,6,8,10-11H2,1-2H3,(H,20,22). The molecule has 1 amide bonds. The maximum absolute atomic E-state index is 12.7. The first-order valence-electron chi connectivity index (χ1n) is 8.43. The molecule has 3 rings (SSSR count). The van der Waals surface area contributed by atoms with Gasteiger partial charge in [0.15, 0.2) is 6.61 Å². The summed E-state index contributed by atoms with van der Waals surface area (Å²) in [5.74, 6) is -0.726. The van der Waals surface area contributed by atoms with Crippen LogP contribution in [0.15, 0.2) is 24.3 Å². The Morgan fingerprint density at radius 2 is 1.96 bits per heavy atom. The number of carbonyl (C=O) groups excluding carboxylic acids is 2. The number of pyridine rings is 1. The summed E-state index contributed by atoms with van der Waals surface area (Å²) >= 11 is 0. The van der Waals surface area contributed by atoms with Gasteiger partial charge in [-0.1, -0.05) is 18.2 Å². The smallest absolute Gasteiger partial charge is 0.339 e. The molecule has 2 aromatic rings. The van der Waals surface area contributed by atoms with Gasteiger partial charge in [0, 0.05) is 17.1 Å². The van der Waals surface area contributed by atoms with E-state index >= 15 is 0 Å². The number of rotatable bonds is 4. The molecule has 126 valence electrons. The number of carbonyl (C=O) groups is 2. The van der Waals surface area contributed by atoms with Gasteiger partial charge in [0.25, 0.3) is 5.91 Å². The Bertz CT molecular complexity index is 784. The predicted octanol–water partition coefficient (Wildman–Crippen LogP) is 2.80. The molecule has 0 unspecified atom stereocenters. The van der Waals surface area contributed by atoms with E-state index in [-0.39, 0.29) is 18.6 Å². The number of para-hydroxylation sites is 1. The van der Waals surface area contributed by atoms with E-state index in [0.29, 0.717) is 5.56 Å². The third kappa shape index (κ3) is 3.40. The molecule has 5 heteroatoms. The normalized spacial score (nSPS) is 13.6. The molecule has 1 aliphatic rings. The van der Waals surface area contributed by atoms with Crippen LogP contribution in [0.25, 0.3) is 10.9 Å². The number of hydrogen-bond donors (Lipinski definition) is 1. The van der Waals surface area contributed by atoms with Crippen LogP contribution in [0.5, 0.6) is 0 Å². The number of nitrogens with zero attached hydrogens (tertiary/aromatic N) is 1. The van der Waals surface area contributed by atoms with E-state index < -0.39 is 5.97 Å². The van der Waals surface area contributed by atoms with E-state index in [1.807, 2.05) is 38.1 Å². The Labute approximate surface area is 141 Å². The van der Waals surface area contributed by atoms with Crippen LogP contribution >= 0.6 is 0 Å². The van der Waals surface area contributed by atoms with Crippen molar-refractivity contribution in [3.05, 3.63) is 41.1 Å². The molecule has 24 heavy (non-hydrogen) atoms. The van der Waals surface area contributed by atoms with Gasteiger partial charge in [-0.25, -0.2) is 4.79 Å². The number of aryl methyl sites for hydroxylation is 1. The summed E-state index contributed by atoms with van der Waals surface area (Å²) in [6.07, 6.45) is 3.84. The van der Waals surface area contributed by atoms with E-state index in [1.54, 1.807) is 0 Å². The summed E-state index contributed by atoms with van der Waals surface area (Å²) in [7, 11) is 0. The summed E-state index contributed by atoms with van der Waals surface area (Å²) in [5.41, 5.74) is 3.34. The lowest BCUT2D eigenvalue weighted by atomic mass is 9.90. The molecule has 0 fully saturated rings. The number of fused-ring (bicyclic) bond motifs is 2. The lowest BCUT2D eigenvalue weighted by Gasteiger charge is -2.20. The van der Waals surface area contributed by atoms with Crippen LogP contribution in [0, 0.1) is 0 Å². The summed E-state index contributed by atoms with van der Waals surface area (Å²) in [6, 6.07) is 7.62. The van der Waals surface area contributed by atoms with Crippen molar-refractivity contribution in [3.63, 3.8) is 0 Å². The molecule has 0 atom stereocenters. The molecule has 0 radical (unpaired) electrons. The number of benzene rings is 1. The van der Waals surface area contributed by atoms with Gasteiger partial charge in [0.05, 0.1) is 11.1 Å². The Morgan fingerprint density at radius 3 is 2.75 bits per heavy atom. The second-order valence-electron chi connectivity index (χ2n) is 6.43. The zero-order valence-electron chi connectivity index (χ0n) is 14.1. The van der Waals surface area contributed by atoms with E-state index in [9.17, 15) is 9.59 Å². The van der Waals surface area contributed by atoms with E-state index in [1.165, 1.54) is 0 Å². The van der Waals surface area contributed by atoms with Gasteiger partial charge in [-0.3, -0.25) is 9.78 Å². The number of hydrogen-bond acceptors (Lipinski definition) is 4. The van der Waals surface area contributed by atoms with Crippen molar-refractivity contribution >= 4 is 22.8 Å². The average Bonchev–Trinajstić information content (AvgIpc) is 2.57. The van der Waals surface area contributed by atoms with Crippen LogP contribution in [0.4, 0.5) is 0 Å². The van der Waals surface area contributed by atoms with E-state index in [4.69, 9.17) is 9.72 Å². The van der Waals surface area contributed by atoms with Gasteiger partial charge < -0.3 is 10.1 Å². The maximum Gasteiger partial charge on any atom is 0.339 e. The first kappa shape index (κ1) is 16.4. The van der Waals surface area contributed by atoms with E-state index in [2.05, 4.69) is 5.32 Å². The largest absolute Gasteiger partial charge is 0.452 e. The average molecular weight is 326 g/mol. The summed E-state index contributed by atoms with van der Waals surface area (Å²) in [6.45, 7) is 3.47. The van der Waals surface area contributed by atoms with Crippen LogP contribution in [0.1, 0.15) is 48.3 Å². The Morgan fingerprint density at radius 1 is 1.21 bits per heavy atom. The molecule has 1 aliphatic carbocycles. The molecule has 0 saturated heterocycles. The van der Waals surface area contributed by atoms with Gasteiger partial charge >= 0.3 is 5.97 Å². The number of aromatic nitrogens is 1. The van der Waals surface area contributed by atoms with Crippen LogP contribution in [0.2, 0.25) is 0 Å². The molecule has 1 aromatic carbocycles. The lowest BCUT2D eigenvalue weighted by Crippen LogP contribution is -2.34. The van der Waals surface area contributed by atoms with Crippen LogP contribution in [0.3, 0.4) is 0 Å². The molecular formula is C19H22N2O3. The maximum atomic E-state index is 12.7. The van der Waals surface area contributed by atoms with Crippen molar-refractivity contribution in [1.29, 1.82) is 0 Å². The van der Waals surface area contributed by atoms with Gasteiger partial charge in [0.2, 0.25) is 0 Å². The molecule has 0 saturated carbocycles. The highest BCUT2D eigenvalue weighted by Crippen LogP contribution is 2.29. The van der Waals surface area contributed by atoms with Crippen molar-refractivity contribution < 1.29 is 14.3 Å². The number of ether oxygens (including phenoxy) is 1. The monoisotopic (exact) mass is 326 g/mol. The molecule has 5 nitrogen and oxygen atoms in total. The fourth-order valence-electron chi connectivity index (χ4n) is 3.17. The van der Waals surface area contributed by atoms with Crippen LogP contribution < -0.4 is 5.32 Å². The molecule has 1 aromatic heterocycles. The van der Waals surface area contributed by atoms with Crippen molar-refractivity contribution in [3.8, 4) is 0 Å². The summed E-state index contributed by atoms with van der Waals surface area (Å²) < 4.78 is 5.29. The van der Waals surface area contributed by atoms with Crippen molar-refractivity contribution in [1.82, 2.24) is 10.3 Å². The van der Waals surface area contributed by atoms with Crippen molar-refractivity contribution in [2.45, 2.75) is 45.6 Å². The first-order chi connectivity index (χ1) is 11.6. The molecule has 1 N–H and O–H groups in total. The summed E-state index contributed by atoms with van der Waals surface area (Å²) in [4.78, 5) is 29.1. The molecule has 0 bridgehead atoms. The molecular weight excluding hydrogens is 304 g/mol. The highest BCUT2D eigenvalue weighted by Gasteiger charge is 2.24.